The van der Waals surface area contributed by atoms with Crippen molar-refractivity contribution in [1.29, 1.82) is 0 Å². The van der Waals surface area contributed by atoms with Crippen LogP contribution >= 0.6 is 0 Å². The van der Waals surface area contributed by atoms with Crippen LogP contribution in [0.4, 0.5) is 0 Å². The lowest BCUT2D eigenvalue weighted by Gasteiger charge is -2.23. The van der Waals surface area contributed by atoms with Crippen LogP contribution in [0.3, 0.4) is 0 Å². The van der Waals surface area contributed by atoms with E-state index in [1.165, 1.54) is 0 Å². The molecule has 1 aliphatic rings. The second-order valence-electron chi connectivity index (χ2n) is 6.99. The van der Waals surface area contributed by atoms with Crippen molar-refractivity contribution in [2.24, 2.45) is 5.41 Å². The number of aromatic nitrogens is 1. The summed E-state index contributed by atoms with van der Waals surface area (Å²) in [5, 5.41) is 14.8. The number of hydrogen-bond acceptors (Lipinski definition) is 2. The number of para-hydroxylation sites is 1. The third-order valence-electron chi connectivity index (χ3n) is 5.25. The van der Waals surface area contributed by atoms with Crippen LogP contribution in [-0.4, -0.2) is 22.5 Å². The summed E-state index contributed by atoms with van der Waals surface area (Å²) in [4.78, 5) is 15.6. The van der Waals surface area contributed by atoms with Crippen molar-refractivity contribution in [2.75, 3.05) is 6.54 Å². The molecule has 1 aromatic heterocycles. The van der Waals surface area contributed by atoms with E-state index >= 15 is 0 Å². The van der Waals surface area contributed by atoms with E-state index < -0.39 is 6.10 Å². The Morgan fingerprint density at radius 1 is 1.12 bits per heavy atom. The summed E-state index contributed by atoms with van der Waals surface area (Å²) in [6.45, 7) is 0.518. The summed E-state index contributed by atoms with van der Waals surface area (Å²) >= 11 is 0. The van der Waals surface area contributed by atoms with Gasteiger partial charge in [0.25, 0.3) is 0 Å². The number of aliphatic hydroxyl groups is 1. The number of aliphatic hydroxyl groups excluding tert-OH is 1. The zero-order valence-electron chi connectivity index (χ0n) is 14.0. The van der Waals surface area contributed by atoms with E-state index in [1.807, 2.05) is 60.8 Å². The zero-order valence-corrected chi connectivity index (χ0v) is 14.0. The van der Waals surface area contributed by atoms with E-state index in [9.17, 15) is 9.90 Å². The summed E-state index contributed by atoms with van der Waals surface area (Å²) in [5.74, 6) is -0.00344. The Bertz CT molecular complexity index is 881. The van der Waals surface area contributed by atoms with Gasteiger partial charge in [-0.3, -0.25) is 4.79 Å². The van der Waals surface area contributed by atoms with Crippen molar-refractivity contribution in [3.8, 4) is 0 Å². The zero-order chi connectivity index (χ0) is 17.3. The van der Waals surface area contributed by atoms with Gasteiger partial charge in [-0.15, -0.1) is 0 Å². The molecule has 128 valence electrons. The number of nitrogens with one attached hydrogen (secondary N) is 2. The Kier molecular flexibility index (Phi) is 4.06. The fourth-order valence-electron chi connectivity index (χ4n) is 3.48. The van der Waals surface area contributed by atoms with E-state index in [0.29, 0.717) is 13.0 Å². The second kappa shape index (κ2) is 6.37. The minimum absolute atomic E-state index is 0.00344. The first kappa shape index (κ1) is 15.9. The van der Waals surface area contributed by atoms with Gasteiger partial charge in [0, 0.05) is 29.1 Å². The molecule has 2 aromatic carbocycles. The molecule has 25 heavy (non-hydrogen) atoms. The number of rotatable bonds is 6. The van der Waals surface area contributed by atoms with Crippen LogP contribution in [0.5, 0.6) is 0 Å². The Balaban J connectivity index is 1.39. The molecule has 1 saturated carbocycles. The van der Waals surface area contributed by atoms with Gasteiger partial charge in [0.2, 0.25) is 5.91 Å². The molecule has 1 amide bonds. The number of hydrogen-bond donors (Lipinski definition) is 3. The number of H-pyrrole nitrogens is 1. The van der Waals surface area contributed by atoms with Gasteiger partial charge in [0.1, 0.15) is 0 Å². The van der Waals surface area contributed by atoms with Crippen molar-refractivity contribution < 1.29 is 9.90 Å². The van der Waals surface area contributed by atoms with Crippen molar-refractivity contribution in [3.63, 3.8) is 0 Å². The molecular weight excluding hydrogens is 312 g/mol. The Labute approximate surface area is 146 Å². The monoisotopic (exact) mass is 334 g/mol. The highest BCUT2D eigenvalue weighted by molar-refractivity contribution is 5.88. The average molecular weight is 334 g/mol. The molecule has 4 heteroatoms. The number of carbonyl (C=O) groups excluding carboxylic acids is 1. The molecule has 1 heterocycles. The molecule has 3 N–H and O–H groups in total. The number of carbonyl (C=O) groups is 1. The Morgan fingerprint density at radius 2 is 1.84 bits per heavy atom. The first-order valence-electron chi connectivity index (χ1n) is 8.73. The number of aromatic amines is 1. The van der Waals surface area contributed by atoms with Gasteiger partial charge in [-0.1, -0.05) is 48.5 Å². The van der Waals surface area contributed by atoms with Crippen molar-refractivity contribution in [1.82, 2.24) is 10.3 Å². The van der Waals surface area contributed by atoms with Crippen molar-refractivity contribution in [3.05, 3.63) is 71.9 Å². The van der Waals surface area contributed by atoms with Gasteiger partial charge < -0.3 is 15.4 Å². The predicted molar refractivity (Wildman–Crippen MR) is 98.1 cm³/mol. The van der Waals surface area contributed by atoms with Gasteiger partial charge in [-0.2, -0.15) is 0 Å². The van der Waals surface area contributed by atoms with Crippen LogP contribution in [0.1, 0.15) is 30.1 Å². The molecule has 0 bridgehead atoms. The lowest BCUT2D eigenvalue weighted by atomic mass is 9.92. The van der Waals surface area contributed by atoms with Crippen LogP contribution in [-0.2, 0) is 11.2 Å². The minimum Gasteiger partial charge on any atom is -0.388 e. The molecule has 1 fully saturated rings. The summed E-state index contributed by atoms with van der Waals surface area (Å²) in [7, 11) is 0. The molecule has 1 unspecified atom stereocenters. The van der Waals surface area contributed by atoms with Crippen LogP contribution in [0.2, 0.25) is 0 Å². The topological polar surface area (TPSA) is 65.1 Å². The lowest BCUT2D eigenvalue weighted by Crippen LogP contribution is -2.34. The van der Waals surface area contributed by atoms with Crippen LogP contribution in [0.25, 0.3) is 10.9 Å². The minimum atomic E-state index is -0.526. The van der Waals surface area contributed by atoms with Crippen LogP contribution in [0.15, 0.2) is 60.8 Å². The van der Waals surface area contributed by atoms with Crippen molar-refractivity contribution in [2.45, 2.75) is 25.4 Å². The van der Waals surface area contributed by atoms with Crippen molar-refractivity contribution >= 4 is 16.8 Å². The third kappa shape index (κ3) is 3.17. The van der Waals surface area contributed by atoms with Gasteiger partial charge >= 0.3 is 0 Å². The summed E-state index contributed by atoms with van der Waals surface area (Å²) in [6.07, 6.45) is 3.60. The molecule has 0 saturated heterocycles. The Morgan fingerprint density at radius 3 is 2.60 bits per heavy atom. The molecule has 1 atom stereocenters. The first-order chi connectivity index (χ1) is 12.2. The van der Waals surface area contributed by atoms with E-state index in [4.69, 9.17) is 0 Å². The molecule has 0 spiro atoms. The SMILES string of the molecule is O=C(Cc1c[nH]c2ccccc12)NCC1(C(O)c2ccccc2)CC1. The van der Waals surface area contributed by atoms with E-state index in [0.717, 1.165) is 34.9 Å². The second-order valence-corrected chi connectivity index (χ2v) is 6.99. The highest BCUT2D eigenvalue weighted by Crippen LogP contribution is 2.54. The predicted octanol–water partition coefficient (Wildman–Crippen LogP) is 3.34. The van der Waals surface area contributed by atoms with Gasteiger partial charge in [0.05, 0.1) is 12.5 Å². The smallest absolute Gasteiger partial charge is 0.224 e. The van der Waals surface area contributed by atoms with Gasteiger partial charge in [0.15, 0.2) is 0 Å². The maximum Gasteiger partial charge on any atom is 0.224 e. The average Bonchev–Trinajstić information content (AvgIpc) is 3.35. The Hall–Kier alpha value is -2.59. The molecule has 0 radical (unpaired) electrons. The fourth-order valence-corrected chi connectivity index (χ4v) is 3.48. The quantitative estimate of drug-likeness (QED) is 0.647. The van der Waals surface area contributed by atoms with Gasteiger partial charge in [-0.25, -0.2) is 0 Å². The number of benzene rings is 2. The number of amides is 1. The molecule has 0 aliphatic heterocycles. The molecule has 1 aliphatic carbocycles. The third-order valence-corrected chi connectivity index (χ3v) is 5.25. The van der Waals surface area contributed by atoms with Gasteiger partial charge in [-0.05, 0) is 30.0 Å². The fraction of sp³-hybridized carbons (Fsp3) is 0.286. The first-order valence-corrected chi connectivity index (χ1v) is 8.73. The highest BCUT2D eigenvalue weighted by atomic mass is 16.3. The maximum atomic E-state index is 12.4. The highest BCUT2D eigenvalue weighted by Gasteiger charge is 2.49. The van der Waals surface area contributed by atoms with E-state index in [2.05, 4.69) is 10.3 Å². The summed E-state index contributed by atoms with van der Waals surface area (Å²) in [5.41, 5.74) is 2.76. The summed E-state index contributed by atoms with van der Waals surface area (Å²) < 4.78 is 0. The molecule has 4 nitrogen and oxygen atoms in total. The maximum absolute atomic E-state index is 12.4. The number of fused-ring (bicyclic) bond motifs is 1. The van der Waals surface area contributed by atoms with E-state index in [-0.39, 0.29) is 11.3 Å². The van der Waals surface area contributed by atoms with Crippen LogP contribution in [0, 0.1) is 5.41 Å². The van der Waals surface area contributed by atoms with Crippen LogP contribution < -0.4 is 5.32 Å². The largest absolute Gasteiger partial charge is 0.388 e. The molecule has 4 rings (SSSR count). The molecule has 3 aromatic rings. The van der Waals surface area contributed by atoms with E-state index in [1.54, 1.807) is 0 Å². The molecular formula is C21H22N2O2. The standard InChI is InChI=1S/C21H22N2O2/c24-19(12-16-13-22-18-9-5-4-8-17(16)18)23-14-21(10-11-21)20(25)15-6-2-1-3-7-15/h1-9,13,20,22,25H,10-12,14H2,(H,23,24). The summed E-state index contributed by atoms with van der Waals surface area (Å²) in [6, 6.07) is 17.7. The lowest BCUT2D eigenvalue weighted by molar-refractivity contribution is -0.120. The normalized spacial score (nSPS) is 16.5.